The normalized spacial score (nSPS) is 26.1. The van der Waals surface area contributed by atoms with Crippen molar-refractivity contribution in [2.75, 3.05) is 57.7 Å². The van der Waals surface area contributed by atoms with Crippen LogP contribution >= 0.6 is 0 Å². The molecule has 3 N–H and O–H groups in total. The highest BCUT2D eigenvalue weighted by atomic mass is 19.1. The fourth-order valence-corrected chi connectivity index (χ4v) is 4.64. The van der Waals surface area contributed by atoms with Gasteiger partial charge in [-0.3, -0.25) is 9.59 Å². The average molecular weight is 393 g/mol. The van der Waals surface area contributed by atoms with Crippen molar-refractivity contribution in [3.63, 3.8) is 0 Å². The molecule has 0 radical (unpaired) electrons. The summed E-state index contributed by atoms with van der Waals surface area (Å²) in [5, 5.41) is 2.74. The van der Waals surface area contributed by atoms with Crippen molar-refractivity contribution in [1.82, 2.24) is 4.90 Å². The number of carbonyl (C=O) groups is 2. The fourth-order valence-electron chi connectivity index (χ4n) is 4.64. The number of amides is 2. The van der Waals surface area contributed by atoms with E-state index in [4.69, 9.17) is 0 Å². The van der Waals surface area contributed by atoms with E-state index in [1.165, 1.54) is 23.5 Å². The standard InChI is InChI=1S/C21H31FN4O2/c1-16-10-17(2)13-25(12-16)15-21(28)26-8-6-24(7-9-26)14-20(27)23-19-5-3-4-18(22)11-19/h3-5,11,16-17H,6-10,12-15H2,1-2H3,(H,23,27)/p+2/t16-,17+. The Bertz CT molecular complexity index is 681. The number of piperazine rings is 1. The molecule has 1 unspecified atom stereocenters. The largest absolute Gasteiger partial charge is 0.327 e. The van der Waals surface area contributed by atoms with Crippen LogP contribution in [0.25, 0.3) is 0 Å². The lowest BCUT2D eigenvalue weighted by Gasteiger charge is -2.35. The monoisotopic (exact) mass is 392 g/mol. The van der Waals surface area contributed by atoms with Crippen LogP contribution < -0.4 is 15.1 Å². The van der Waals surface area contributed by atoms with Gasteiger partial charge in [0.25, 0.3) is 11.8 Å². The Balaban J connectivity index is 1.40. The van der Waals surface area contributed by atoms with Crippen LogP contribution in [0.15, 0.2) is 24.3 Å². The van der Waals surface area contributed by atoms with Crippen LogP contribution in [0, 0.1) is 17.7 Å². The van der Waals surface area contributed by atoms with Crippen molar-refractivity contribution in [2.45, 2.75) is 20.3 Å². The van der Waals surface area contributed by atoms with Crippen LogP contribution in [-0.4, -0.2) is 69.1 Å². The summed E-state index contributed by atoms with van der Waals surface area (Å²) >= 11 is 0. The van der Waals surface area contributed by atoms with E-state index in [1.54, 1.807) is 12.1 Å². The molecule has 6 nitrogen and oxygen atoms in total. The number of halogens is 1. The number of piperidine rings is 1. The molecule has 2 heterocycles. The molecule has 2 aliphatic heterocycles. The number of nitrogens with one attached hydrogen (secondary N) is 3. The highest BCUT2D eigenvalue weighted by Crippen LogP contribution is 2.12. The van der Waals surface area contributed by atoms with Gasteiger partial charge in [-0.1, -0.05) is 19.9 Å². The second-order valence-corrected chi connectivity index (χ2v) is 8.65. The summed E-state index contributed by atoms with van der Waals surface area (Å²) in [6, 6.07) is 5.92. The predicted molar refractivity (Wildman–Crippen MR) is 106 cm³/mol. The zero-order chi connectivity index (χ0) is 20.1. The summed E-state index contributed by atoms with van der Waals surface area (Å²) in [5.41, 5.74) is 0.478. The summed E-state index contributed by atoms with van der Waals surface area (Å²) in [6.45, 7) is 10.6. The molecule has 0 bridgehead atoms. The molecule has 3 rings (SSSR count). The van der Waals surface area contributed by atoms with E-state index < -0.39 is 0 Å². The molecule has 1 aromatic rings. The Morgan fingerprint density at radius 2 is 1.79 bits per heavy atom. The Kier molecular flexibility index (Phi) is 7.02. The molecule has 7 heteroatoms. The van der Waals surface area contributed by atoms with Crippen LogP contribution in [0.2, 0.25) is 0 Å². The van der Waals surface area contributed by atoms with Gasteiger partial charge in [-0.15, -0.1) is 0 Å². The third-order valence-electron chi connectivity index (χ3n) is 5.82. The molecule has 0 spiro atoms. The first kappa shape index (κ1) is 20.7. The highest BCUT2D eigenvalue weighted by molar-refractivity contribution is 5.91. The first-order valence-electron chi connectivity index (χ1n) is 10.4. The van der Waals surface area contributed by atoms with E-state index in [1.807, 2.05) is 4.90 Å². The van der Waals surface area contributed by atoms with E-state index in [2.05, 4.69) is 19.2 Å². The molecule has 0 saturated carbocycles. The number of carbonyl (C=O) groups excluding carboxylic acids is 2. The number of rotatable bonds is 5. The maximum Gasteiger partial charge on any atom is 0.279 e. The smallest absolute Gasteiger partial charge is 0.279 e. The molecular formula is C21H33FN4O2+2. The minimum absolute atomic E-state index is 0.124. The number of hydrogen-bond donors (Lipinski definition) is 3. The van der Waals surface area contributed by atoms with E-state index >= 15 is 0 Å². The van der Waals surface area contributed by atoms with Gasteiger partial charge in [0.15, 0.2) is 13.1 Å². The number of nitrogens with zero attached hydrogens (tertiary/aromatic N) is 1. The van der Waals surface area contributed by atoms with E-state index in [0.717, 1.165) is 31.1 Å². The van der Waals surface area contributed by atoms with Gasteiger partial charge < -0.3 is 20.0 Å². The molecule has 2 amide bonds. The molecule has 1 aromatic carbocycles. The van der Waals surface area contributed by atoms with E-state index in [9.17, 15) is 14.0 Å². The summed E-state index contributed by atoms with van der Waals surface area (Å²) in [6.07, 6.45) is 1.26. The van der Waals surface area contributed by atoms with Crippen molar-refractivity contribution in [3.8, 4) is 0 Å². The van der Waals surface area contributed by atoms with Crippen molar-refractivity contribution in [3.05, 3.63) is 30.1 Å². The van der Waals surface area contributed by atoms with Crippen molar-refractivity contribution in [1.29, 1.82) is 0 Å². The Labute approximate surface area is 166 Å². The first-order valence-corrected chi connectivity index (χ1v) is 10.4. The summed E-state index contributed by atoms with van der Waals surface area (Å²) < 4.78 is 13.2. The Morgan fingerprint density at radius 1 is 1.11 bits per heavy atom. The third kappa shape index (κ3) is 6.01. The quantitative estimate of drug-likeness (QED) is 0.605. The van der Waals surface area contributed by atoms with Gasteiger partial charge in [0.1, 0.15) is 5.82 Å². The highest BCUT2D eigenvalue weighted by Gasteiger charge is 2.30. The zero-order valence-corrected chi connectivity index (χ0v) is 17.0. The topological polar surface area (TPSA) is 58.3 Å². The Morgan fingerprint density at radius 3 is 2.43 bits per heavy atom. The van der Waals surface area contributed by atoms with E-state index in [-0.39, 0.29) is 17.6 Å². The SMILES string of the molecule is C[C@@H]1C[C@H](C)C[NH+](CC(=O)N2CC[NH+](CC(=O)Nc3cccc(F)c3)CC2)C1. The third-order valence-corrected chi connectivity index (χ3v) is 5.82. The minimum atomic E-state index is -0.364. The lowest BCUT2D eigenvalue weighted by atomic mass is 9.92. The van der Waals surface area contributed by atoms with Crippen LogP contribution in [0.4, 0.5) is 10.1 Å². The molecule has 154 valence electrons. The average Bonchev–Trinajstić information content (AvgIpc) is 2.61. The second kappa shape index (κ2) is 9.47. The summed E-state index contributed by atoms with van der Waals surface area (Å²) in [7, 11) is 0. The summed E-state index contributed by atoms with van der Waals surface area (Å²) in [5.74, 6) is 1.12. The van der Waals surface area contributed by atoms with Crippen molar-refractivity contribution < 1.29 is 23.8 Å². The molecule has 0 aromatic heterocycles. The summed E-state index contributed by atoms with van der Waals surface area (Å²) in [4.78, 5) is 29.4. The minimum Gasteiger partial charge on any atom is -0.327 e. The maximum atomic E-state index is 13.2. The number of likely N-dealkylation sites (tertiary alicyclic amines) is 1. The van der Waals surface area contributed by atoms with Gasteiger partial charge >= 0.3 is 0 Å². The van der Waals surface area contributed by atoms with Gasteiger partial charge in [-0.25, -0.2) is 4.39 Å². The van der Waals surface area contributed by atoms with Crippen molar-refractivity contribution >= 4 is 17.5 Å². The van der Waals surface area contributed by atoms with Gasteiger partial charge in [-0.2, -0.15) is 0 Å². The van der Waals surface area contributed by atoms with Crippen molar-refractivity contribution in [2.24, 2.45) is 11.8 Å². The number of quaternary nitrogens is 2. The molecule has 2 saturated heterocycles. The van der Waals surface area contributed by atoms with Gasteiger partial charge in [0.2, 0.25) is 0 Å². The molecule has 2 fully saturated rings. The first-order chi connectivity index (χ1) is 13.4. The van der Waals surface area contributed by atoms with Gasteiger partial charge in [0, 0.05) is 17.5 Å². The molecule has 2 aliphatic rings. The van der Waals surface area contributed by atoms with E-state index in [0.29, 0.717) is 43.7 Å². The second-order valence-electron chi connectivity index (χ2n) is 8.65. The molecular weight excluding hydrogens is 359 g/mol. The molecule has 28 heavy (non-hydrogen) atoms. The number of hydrogen-bond acceptors (Lipinski definition) is 2. The number of anilines is 1. The van der Waals surface area contributed by atoms with Gasteiger partial charge in [0.05, 0.1) is 39.3 Å². The maximum absolute atomic E-state index is 13.2. The van der Waals surface area contributed by atoms with Crippen LogP contribution in [-0.2, 0) is 9.59 Å². The zero-order valence-electron chi connectivity index (χ0n) is 17.0. The molecule has 3 atom stereocenters. The van der Waals surface area contributed by atoms with Crippen LogP contribution in [0.3, 0.4) is 0 Å². The van der Waals surface area contributed by atoms with Crippen LogP contribution in [0.1, 0.15) is 20.3 Å². The predicted octanol–water partition coefficient (Wildman–Crippen LogP) is -0.948. The lowest BCUT2D eigenvalue weighted by Crippen LogP contribution is -3.17. The van der Waals surface area contributed by atoms with Gasteiger partial charge in [-0.05, 0) is 24.6 Å². The lowest BCUT2D eigenvalue weighted by molar-refractivity contribution is -0.905. The molecule has 0 aliphatic carbocycles. The Hall–Kier alpha value is -1.99. The number of benzene rings is 1. The fraction of sp³-hybridized carbons (Fsp3) is 0.619. The van der Waals surface area contributed by atoms with Crippen LogP contribution in [0.5, 0.6) is 0 Å².